The summed E-state index contributed by atoms with van der Waals surface area (Å²) in [5.74, 6) is -0.222. The predicted molar refractivity (Wildman–Crippen MR) is 75.3 cm³/mol. The fourth-order valence-corrected chi connectivity index (χ4v) is 1.73. The van der Waals surface area contributed by atoms with Crippen molar-refractivity contribution in [1.29, 1.82) is 5.26 Å². The van der Waals surface area contributed by atoms with Gasteiger partial charge in [0.15, 0.2) is 0 Å². The minimum absolute atomic E-state index is 0.0631. The highest BCUT2D eigenvalue weighted by Crippen LogP contribution is 2.08. The lowest BCUT2D eigenvalue weighted by molar-refractivity contribution is 0.0937. The molecule has 5 nitrogen and oxygen atoms in total. The number of nitrogens with one attached hydrogen (secondary N) is 1. The second kappa shape index (κ2) is 6.02. The Kier molecular flexibility index (Phi) is 4.16. The summed E-state index contributed by atoms with van der Waals surface area (Å²) in [7, 11) is 0. The van der Waals surface area contributed by atoms with Gasteiger partial charge in [0.1, 0.15) is 6.04 Å². The molecule has 102 valence electrons. The number of nitrogens with zero attached hydrogens (tertiary/aromatic N) is 3. The second-order valence-electron chi connectivity index (χ2n) is 4.83. The Morgan fingerprint density at radius 3 is 2.65 bits per heavy atom. The molecule has 1 unspecified atom stereocenters. The minimum Gasteiger partial charge on any atom is -0.336 e. The van der Waals surface area contributed by atoms with Crippen LogP contribution < -0.4 is 5.32 Å². The molecule has 0 aliphatic carbocycles. The van der Waals surface area contributed by atoms with Gasteiger partial charge in [0, 0.05) is 6.20 Å². The molecule has 1 N–H and O–H groups in total. The van der Waals surface area contributed by atoms with E-state index in [0.29, 0.717) is 5.56 Å². The molecule has 0 saturated carbocycles. The molecule has 1 aromatic heterocycles. The smallest absolute Gasteiger partial charge is 0.255 e. The Bertz CT molecular complexity index is 625. The predicted octanol–water partition coefficient (Wildman–Crippen LogP) is 2.15. The van der Waals surface area contributed by atoms with Gasteiger partial charge in [0.2, 0.25) is 0 Å². The molecule has 0 spiro atoms. The van der Waals surface area contributed by atoms with Gasteiger partial charge in [-0.05, 0) is 18.1 Å². The van der Waals surface area contributed by atoms with Crippen LogP contribution in [-0.2, 0) is 0 Å². The van der Waals surface area contributed by atoms with Crippen molar-refractivity contribution in [3.05, 3.63) is 48.3 Å². The van der Waals surface area contributed by atoms with Crippen molar-refractivity contribution < 1.29 is 4.79 Å². The summed E-state index contributed by atoms with van der Waals surface area (Å²) in [5, 5.41) is 15.8. The molecular weight excluding hydrogens is 252 g/mol. The zero-order valence-corrected chi connectivity index (χ0v) is 11.4. The van der Waals surface area contributed by atoms with E-state index in [1.807, 2.05) is 44.2 Å². The maximum Gasteiger partial charge on any atom is 0.255 e. The molecule has 1 amide bonds. The molecule has 0 aliphatic rings. The van der Waals surface area contributed by atoms with E-state index in [0.717, 1.165) is 5.69 Å². The molecule has 1 atom stereocenters. The molecule has 1 heterocycles. The number of hydrogen-bond acceptors (Lipinski definition) is 3. The molecule has 0 bridgehead atoms. The lowest BCUT2D eigenvalue weighted by Gasteiger charge is -2.13. The van der Waals surface area contributed by atoms with Crippen LogP contribution in [0.2, 0.25) is 0 Å². The van der Waals surface area contributed by atoms with E-state index in [2.05, 4.69) is 16.5 Å². The Labute approximate surface area is 117 Å². The Morgan fingerprint density at radius 1 is 1.35 bits per heavy atom. The topological polar surface area (TPSA) is 70.7 Å². The minimum atomic E-state index is -0.498. The largest absolute Gasteiger partial charge is 0.336 e. The summed E-state index contributed by atoms with van der Waals surface area (Å²) >= 11 is 0. The standard InChI is InChI=1S/C15H16N4O/c1-11(2)14(8-16)18-15(20)12-9-17-19(10-12)13-6-4-3-5-7-13/h3-7,9-11,14H,1-2H3,(H,18,20). The molecular formula is C15H16N4O. The Hall–Kier alpha value is -2.61. The van der Waals surface area contributed by atoms with E-state index in [-0.39, 0.29) is 11.8 Å². The van der Waals surface area contributed by atoms with Crippen molar-refractivity contribution in [3.8, 4) is 11.8 Å². The molecule has 2 aromatic rings. The number of para-hydroxylation sites is 1. The number of carbonyl (C=O) groups is 1. The molecule has 2 rings (SSSR count). The molecule has 1 aromatic carbocycles. The van der Waals surface area contributed by atoms with Crippen LogP contribution in [0.15, 0.2) is 42.7 Å². The molecule has 5 heteroatoms. The molecule has 0 saturated heterocycles. The van der Waals surface area contributed by atoms with Gasteiger partial charge >= 0.3 is 0 Å². The van der Waals surface area contributed by atoms with Crippen molar-refractivity contribution >= 4 is 5.91 Å². The van der Waals surface area contributed by atoms with E-state index >= 15 is 0 Å². The van der Waals surface area contributed by atoms with Crippen LogP contribution in [0.1, 0.15) is 24.2 Å². The zero-order valence-electron chi connectivity index (χ0n) is 11.4. The SMILES string of the molecule is CC(C)C(C#N)NC(=O)c1cnn(-c2ccccc2)c1. The third-order valence-electron chi connectivity index (χ3n) is 2.96. The zero-order chi connectivity index (χ0) is 14.5. The maximum absolute atomic E-state index is 12.0. The van der Waals surface area contributed by atoms with Crippen LogP contribution in [-0.4, -0.2) is 21.7 Å². The number of carbonyl (C=O) groups excluding carboxylic acids is 1. The molecule has 0 radical (unpaired) electrons. The van der Waals surface area contributed by atoms with Gasteiger partial charge in [0.25, 0.3) is 5.91 Å². The van der Waals surface area contributed by atoms with Gasteiger partial charge < -0.3 is 5.32 Å². The van der Waals surface area contributed by atoms with Crippen LogP contribution in [0, 0.1) is 17.2 Å². The second-order valence-corrected chi connectivity index (χ2v) is 4.83. The van der Waals surface area contributed by atoms with Crippen LogP contribution in [0.25, 0.3) is 5.69 Å². The fourth-order valence-electron chi connectivity index (χ4n) is 1.73. The van der Waals surface area contributed by atoms with Crippen molar-refractivity contribution in [2.24, 2.45) is 5.92 Å². The Balaban J connectivity index is 2.13. The summed E-state index contributed by atoms with van der Waals surface area (Å²) in [6.07, 6.45) is 3.15. The van der Waals surface area contributed by atoms with Gasteiger partial charge in [-0.3, -0.25) is 4.79 Å². The number of nitriles is 1. The molecule has 0 aliphatic heterocycles. The van der Waals surface area contributed by atoms with Gasteiger partial charge in [-0.2, -0.15) is 10.4 Å². The van der Waals surface area contributed by atoms with Crippen LogP contribution in [0.4, 0.5) is 0 Å². The number of benzene rings is 1. The van der Waals surface area contributed by atoms with E-state index in [1.54, 1.807) is 10.9 Å². The third-order valence-corrected chi connectivity index (χ3v) is 2.96. The summed E-state index contributed by atoms with van der Waals surface area (Å²) < 4.78 is 1.63. The van der Waals surface area contributed by atoms with E-state index in [4.69, 9.17) is 5.26 Å². The first-order valence-corrected chi connectivity index (χ1v) is 6.42. The van der Waals surface area contributed by atoms with Crippen LogP contribution in [0.3, 0.4) is 0 Å². The molecule has 0 fully saturated rings. The summed E-state index contributed by atoms with van der Waals surface area (Å²) in [6.45, 7) is 3.78. The Morgan fingerprint density at radius 2 is 2.05 bits per heavy atom. The first-order valence-electron chi connectivity index (χ1n) is 6.42. The van der Waals surface area contributed by atoms with Gasteiger partial charge in [-0.15, -0.1) is 0 Å². The van der Waals surface area contributed by atoms with Gasteiger partial charge in [-0.25, -0.2) is 4.68 Å². The monoisotopic (exact) mass is 268 g/mol. The lowest BCUT2D eigenvalue weighted by atomic mass is 10.1. The van der Waals surface area contributed by atoms with Gasteiger partial charge in [-0.1, -0.05) is 32.0 Å². The first-order chi connectivity index (χ1) is 9.61. The number of amides is 1. The quantitative estimate of drug-likeness (QED) is 0.923. The van der Waals surface area contributed by atoms with Crippen molar-refractivity contribution in [2.45, 2.75) is 19.9 Å². The number of aromatic nitrogens is 2. The van der Waals surface area contributed by atoms with Crippen LogP contribution in [0.5, 0.6) is 0 Å². The van der Waals surface area contributed by atoms with E-state index in [1.165, 1.54) is 6.20 Å². The highest BCUT2D eigenvalue weighted by molar-refractivity contribution is 5.94. The summed E-state index contributed by atoms with van der Waals surface area (Å²) in [4.78, 5) is 12.0. The summed E-state index contributed by atoms with van der Waals surface area (Å²) in [5.41, 5.74) is 1.32. The summed E-state index contributed by atoms with van der Waals surface area (Å²) in [6, 6.07) is 11.1. The van der Waals surface area contributed by atoms with Crippen molar-refractivity contribution in [3.63, 3.8) is 0 Å². The van der Waals surface area contributed by atoms with Crippen molar-refractivity contribution in [2.75, 3.05) is 0 Å². The van der Waals surface area contributed by atoms with E-state index in [9.17, 15) is 4.79 Å². The van der Waals surface area contributed by atoms with Crippen LogP contribution >= 0.6 is 0 Å². The molecule has 20 heavy (non-hydrogen) atoms. The maximum atomic E-state index is 12.0. The van der Waals surface area contributed by atoms with E-state index < -0.39 is 6.04 Å². The number of rotatable bonds is 4. The van der Waals surface area contributed by atoms with Crippen molar-refractivity contribution in [1.82, 2.24) is 15.1 Å². The average molecular weight is 268 g/mol. The lowest BCUT2D eigenvalue weighted by Crippen LogP contribution is -2.37. The average Bonchev–Trinajstić information content (AvgIpc) is 2.95. The highest BCUT2D eigenvalue weighted by Gasteiger charge is 2.17. The normalized spacial score (nSPS) is 11.9. The number of hydrogen-bond donors (Lipinski definition) is 1. The first kappa shape index (κ1) is 13.8. The third kappa shape index (κ3) is 3.04. The highest BCUT2D eigenvalue weighted by atomic mass is 16.1. The van der Waals surface area contributed by atoms with Gasteiger partial charge in [0.05, 0.1) is 23.5 Å². The fraction of sp³-hybridized carbons (Fsp3) is 0.267.